The summed E-state index contributed by atoms with van der Waals surface area (Å²) in [6.45, 7) is -1.22. The number of halogens is 3. The van der Waals surface area contributed by atoms with Crippen LogP contribution in [0.5, 0.6) is 0 Å². The van der Waals surface area contributed by atoms with Gasteiger partial charge in [-0.3, -0.25) is 0 Å². The molecule has 3 rings (SSSR count). The van der Waals surface area contributed by atoms with Crippen LogP contribution in [-0.4, -0.2) is 6.50 Å². The maximum Gasteiger partial charge on any atom is 0.416 e. The lowest BCUT2D eigenvalue weighted by Crippen LogP contribution is -2.20. The van der Waals surface area contributed by atoms with Gasteiger partial charge in [-0.05, 0) is 54.2 Å². The molecule has 0 spiro atoms. The Morgan fingerprint density at radius 2 is 1.92 bits per heavy atom. The molecule has 0 saturated heterocycles. The molecule has 3 aromatic carbocycles. The molecule has 0 aliphatic carbocycles. The van der Waals surface area contributed by atoms with Crippen LogP contribution < -0.4 is 5.32 Å². The van der Waals surface area contributed by atoms with E-state index in [2.05, 4.69) is 5.32 Å². The summed E-state index contributed by atoms with van der Waals surface area (Å²) in [5.74, 6) is 0. The number of fused-ring (bicyclic) bond motifs is 1. The molecule has 26 heavy (non-hydrogen) atoms. The summed E-state index contributed by atoms with van der Waals surface area (Å²) in [7, 11) is 0. The topological polar surface area (TPSA) is 12.0 Å². The van der Waals surface area contributed by atoms with Gasteiger partial charge in [-0.1, -0.05) is 60.5 Å². The molecule has 136 valence electrons. The van der Waals surface area contributed by atoms with Crippen molar-refractivity contribution in [2.75, 3.05) is 6.50 Å². The second kappa shape index (κ2) is 7.92. The highest BCUT2D eigenvalue weighted by Crippen LogP contribution is 2.29. The summed E-state index contributed by atoms with van der Waals surface area (Å²) < 4.78 is 121. The van der Waals surface area contributed by atoms with E-state index in [-0.39, 0.29) is 29.2 Å². The van der Waals surface area contributed by atoms with Crippen molar-refractivity contribution in [2.24, 2.45) is 0 Å². The fourth-order valence-electron chi connectivity index (χ4n) is 2.46. The fraction of sp³-hybridized carbons (Fsp3) is 0.273. The molecule has 0 heterocycles. The standard InChI is InChI=1S/C22H22F3N/c1-16(20-13-5-10-18-9-2-3-12-21(18)20)26-14-6-8-17-7-4-11-19(15-17)22(23,24)25/h2-5,7,9-13,15-16,26H,6,8,14H2,1H3/t16-/m0/s1/i2D,3D,5D,9D,10D,12D,13D,14D2,16D. The van der Waals surface area contributed by atoms with Gasteiger partial charge >= 0.3 is 6.18 Å². The number of nitrogens with one attached hydrogen (secondary N) is 1. The molecule has 0 aromatic heterocycles. The van der Waals surface area contributed by atoms with Gasteiger partial charge in [-0.15, -0.1) is 0 Å². The Balaban J connectivity index is 2.04. The lowest BCUT2D eigenvalue weighted by atomic mass is 9.99. The van der Waals surface area contributed by atoms with Crippen molar-refractivity contribution in [1.82, 2.24) is 5.32 Å². The molecule has 0 amide bonds. The average molecular weight is 367 g/mol. The van der Waals surface area contributed by atoms with Gasteiger partial charge in [-0.2, -0.15) is 13.2 Å². The SMILES string of the molecule is [2H]c1c([2H])c([2H])c2c([C@]([2H])(C)NC([2H])([2H])CCc3cccc(C(F)(F)F)c3)c([2H])c([2H])c([2H])c2c1[2H]. The minimum atomic E-state index is -4.56. The van der Waals surface area contributed by atoms with Gasteiger partial charge in [0.05, 0.1) is 16.5 Å². The molecule has 1 atom stereocenters. The van der Waals surface area contributed by atoms with E-state index in [1.807, 2.05) is 0 Å². The van der Waals surface area contributed by atoms with Gasteiger partial charge < -0.3 is 5.32 Å². The number of rotatable bonds is 6. The Morgan fingerprint density at radius 3 is 2.73 bits per heavy atom. The van der Waals surface area contributed by atoms with E-state index in [1.54, 1.807) is 0 Å². The summed E-state index contributed by atoms with van der Waals surface area (Å²) in [5.41, 5.74) is -1.07. The molecule has 0 radical (unpaired) electrons. The van der Waals surface area contributed by atoms with Crippen LogP contribution in [0.2, 0.25) is 0 Å². The van der Waals surface area contributed by atoms with Crippen LogP contribution in [0, 0.1) is 0 Å². The number of hydrogen-bond acceptors (Lipinski definition) is 1. The summed E-state index contributed by atoms with van der Waals surface area (Å²) in [6, 6.07) is -2.34. The molecule has 4 heteroatoms. The van der Waals surface area contributed by atoms with Gasteiger partial charge in [-0.25, -0.2) is 0 Å². The second-order valence-electron chi connectivity index (χ2n) is 5.62. The highest BCUT2D eigenvalue weighted by atomic mass is 19.4. The second-order valence-corrected chi connectivity index (χ2v) is 5.62. The molecule has 1 nitrogen and oxygen atoms in total. The Bertz CT molecular complexity index is 1330. The minimum Gasteiger partial charge on any atom is -0.310 e. The molecule has 0 saturated carbocycles. The molecule has 0 unspecified atom stereocenters. The largest absolute Gasteiger partial charge is 0.416 e. The quantitative estimate of drug-likeness (QED) is 0.552. The van der Waals surface area contributed by atoms with Crippen LogP contribution in [0.15, 0.2) is 66.6 Å². The van der Waals surface area contributed by atoms with Gasteiger partial charge in [0.15, 0.2) is 0 Å². The monoisotopic (exact) mass is 367 g/mol. The Kier molecular flexibility index (Phi) is 2.91. The summed E-state index contributed by atoms with van der Waals surface area (Å²) >= 11 is 0. The average Bonchev–Trinajstić information content (AvgIpc) is 2.77. The maximum atomic E-state index is 13.0. The van der Waals surface area contributed by atoms with Crippen LogP contribution in [0.3, 0.4) is 0 Å². The molecule has 0 fully saturated rings. The summed E-state index contributed by atoms with van der Waals surface area (Å²) in [5, 5.41) is 1.68. The predicted octanol–water partition coefficient (Wildman–Crippen LogP) is 6.14. The van der Waals surface area contributed by atoms with Crippen molar-refractivity contribution >= 4 is 10.8 Å². The van der Waals surface area contributed by atoms with E-state index < -0.39 is 72.1 Å². The van der Waals surface area contributed by atoms with Gasteiger partial charge in [0.2, 0.25) is 0 Å². The summed E-state index contributed by atoms with van der Waals surface area (Å²) in [4.78, 5) is 0. The third-order valence-corrected chi connectivity index (χ3v) is 3.76. The smallest absolute Gasteiger partial charge is 0.310 e. The third kappa shape index (κ3) is 4.44. The highest BCUT2D eigenvalue weighted by Gasteiger charge is 2.30. The van der Waals surface area contributed by atoms with Crippen molar-refractivity contribution in [3.63, 3.8) is 0 Å². The third-order valence-electron chi connectivity index (χ3n) is 3.76. The lowest BCUT2D eigenvalue weighted by Gasteiger charge is -2.17. The van der Waals surface area contributed by atoms with Gasteiger partial charge in [0.1, 0.15) is 0 Å². The molecule has 0 aliphatic heterocycles. The Labute approximate surface area is 165 Å². The number of alkyl halides is 3. The van der Waals surface area contributed by atoms with Crippen molar-refractivity contribution in [2.45, 2.75) is 32.0 Å². The van der Waals surface area contributed by atoms with Crippen molar-refractivity contribution < 1.29 is 26.9 Å². The maximum absolute atomic E-state index is 13.0. The number of hydrogen-bond donors (Lipinski definition) is 1. The zero-order valence-corrected chi connectivity index (χ0v) is 13.9. The summed E-state index contributed by atoms with van der Waals surface area (Å²) in [6.07, 6.45) is -5.05. The minimum absolute atomic E-state index is 0.122. The van der Waals surface area contributed by atoms with Gasteiger partial charge in [0.25, 0.3) is 0 Å². The van der Waals surface area contributed by atoms with Crippen molar-refractivity contribution in [1.29, 1.82) is 0 Å². The lowest BCUT2D eigenvalue weighted by molar-refractivity contribution is -0.137. The normalized spacial score (nSPS) is 20.3. The first-order valence-electron chi connectivity index (χ1n) is 12.8. The Hall–Kier alpha value is -2.33. The van der Waals surface area contributed by atoms with Crippen LogP contribution in [0.1, 0.15) is 49.8 Å². The molecular formula is C22H22F3N. The molecular weight excluding hydrogens is 335 g/mol. The molecule has 0 aliphatic rings. The van der Waals surface area contributed by atoms with E-state index in [1.165, 1.54) is 12.1 Å². The van der Waals surface area contributed by atoms with E-state index in [9.17, 15) is 13.2 Å². The zero-order chi connectivity index (χ0) is 27.4. The predicted molar refractivity (Wildman–Crippen MR) is 100 cm³/mol. The first kappa shape index (κ1) is 9.56. The zero-order valence-electron chi connectivity index (χ0n) is 23.9. The highest BCUT2D eigenvalue weighted by molar-refractivity contribution is 5.86. The first-order valence-corrected chi connectivity index (χ1v) is 7.85. The van der Waals surface area contributed by atoms with E-state index >= 15 is 0 Å². The molecule has 1 N–H and O–H groups in total. The van der Waals surface area contributed by atoms with Crippen LogP contribution in [0.4, 0.5) is 13.2 Å². The van der Waals surface area contributed by atoms with E-state index in [4.69, 9.17) is 13.7 Å². The first-order chi connectivity index (χ1) is 16.4. The molecule has 3 aromatic rings. The fourth-order valence-corrected chi connectivity index (χ4v) is 2.46. The van der Waals surface area contributed by atoms with Crippen molar-refractivity contribution in [3.8, 4) is 0 Å². The van der Waals surface area contributed by atoms with E-state index in [0.717, 1.165) is 19.1 Å². The van der Waals surface area contributed by atoms with Crippen LogP contribution in [-0.2, 0) is 12.6 Å². The van der Waals surface area contributed by atoms with E-state index in [0.29, 0.717) is 0 Å². The van der Waals surface area contributed by atoms with Crippen molar-refractivity contribution in [3.05, 3.63) is 83.3 Å². The van der Waals surface area contributed by atoms with Crippen LogP contribution >= 0.6 is 0 Å². The van der Waals surface area contributed by atoms with Crippen LogP contribution in [0.25, 0.3) is 10.8 Å². The molecule has 0 bridgehead atoms. The Morgan fingerprint density at radius 1 is 1.15 bits per heavy atom. The number of aryl methyl sites for hydroxylation is 1. The number of benzene rings is 3. The van der Waals surface area contributed by atoms with Gasteiger partial charge in [0, 0.05) is 8.76 Å².